The maximum atomic E-state index is 5.66. The van der Waals surface area contributed by atoms with Gasteiger partial charge in [-0.3, -0.25) is 0 Å². The molecule has 0 saturated carbocycles. The molecule has 1 unspecified atom stereocenters. The quantitative estimate of drug-likeness (QED) is 0.765. The third kappa shape index (κ3) is 2.11. The molecule has 0 bridgehead atoms. The van der Waals surface area contributed by atoms with Crippen molar-refractivity contribution in [2.45, 2.75) is 12.5 Å². The van der Waals surface area contributed by atoms with Crippen LogP contribution in [0, 0.1) is 12.3 Å². The molecule has 0 saturated heterocycles. The first-order chi connectivity index (χ1) is 5.24. The van der Waals surface area contributed by atoms with E-state index in [1.165, 1.54) is 0 Å². The Bertz CT molecular complexity index is 274. The monoisotopic (exact) mass is 213 g/mol. The van der Waals surface area contributed by atoms with E-state index in [-0.39, 0.29) is 6.04 Å². The number of nitrogens with two attached hydrogens (primary N) is 1. The second kappa shape index (κ2) is 3.61. The number of hydrogen-bond donors (Lipinski definition) is 1. The minimum absolute atomic E-state index is 0.189. The maximum absolute atomic E-state index is 5.66. The van der Waals surface area contributed by atoms with Crippen LogP contribution in [0.2, 0.25) is 0 Å². The number of terminal acetylenes is 1. The van der Waals surface area contributed by atoms with Gasteiger partial charge in [0, 0.05) is 6.42 Å². The first-order valence-corrected chi connectivity index (χ1v) is 3.97. The normalized spacial score (nSPS) is 12.5. The Morgan fingerprint density at radius 3 is 2.91 bits per heavy atom. The van der Waals surface area contributed by atoms with Crippen LogP contribution < -0.4 is 5.73 Å². The highest BCUT2D eigenvalue weighted by molar-refractivity contribution is 9.10. The molecule has 0 fully saturated rings. The predicted molar refractivity (Wildman–Crippen MR) is 46.8 cm³/mol. The summed E-state index contributed by atoms with van der Waals surface area (Å²) in [5.74, 6) is 3.19. The van der Waals surface area contributed by atoms with Crippen LogP contribution >= 0.6 is 15.9 Å². The van der Waals surface area contributed by atoms with Gasteiger partial charge in [0.1, 0.15) is 5.76 Å². The molecule has 0 aliphatic carbocycles. The lowest BCUT2D eigenvalue weighted by atomic mass is 10.2. The zero-order valence-electron chi connectivity index (χ0n) is 5.88. The maximum Gasteiger partial charge on any atom is 0.169 e. The van der Waals surface area contributed by atoms with Gasteiger partial charge in [0.05, 0.1) is 6.04 Å². The van der Waals surface area contributed by atoms with Crippen molar-refractivity contribution in [2.75, 3.05) is 0 Å². The van der Waals surface area contributed by atoms with Gasteiger partial charge in [-0.2, -0.15) is 0 Å². The average Bonchev–Trinajstić information content (AvgIpc) is 2.36. The summed E-state index contributed by atoms with van der Waals surface area (Å²) in [6.45, 7) is 0. The summed E-state index contributed by atoms with van der Waals surface area (Å²) < 4.78 is 5.87. The largest absolute Gasteiger partial charge is 0.453 e. The molecule has 1 atom stereocenters. The van der Waals surface area contributed by atoms with E-state index in [4.69, 9.17) is 16.6 Å². The smallest absolute Gasteiger partial charge is 0.169 e. The van der Waals surface area contributed by atoms with Gasteiger partial charge in [-0.15, -0.1) is 12.3 Å². The molecule has 11 heavy (non-hydrogen) atoms. The van der Waals surface area contributed by atoms with E-state index in [1.807, 2.05) is 6.07 Å². The van der Waals surface area contributed by atoms with Crippen molar-refractivity contribution >= 4 is 15.9 Å². The second-order valence-corrected chi connectivity index (χ2v) is 2.94. The van der Waals surface area contributed by atoms with Gasteiger partial charge < -0.3 is 10.2 Å². The topological polar surface area (TPSA) is 39.2 Å². The fraction of sp³-hybridized carbons (Fsp3) is 0.250. The molecule has 2 N–H and O–H groups in total. The fourth-order valence-corrected chi connectivity index (χ4v) is 1.07. The summed E-state index contributed by atoms with van der Waals surface area (Å²) in [5.41, 5.74) is 5.66. The third-order valence-corrected chi connectivity index (χ3v) is 1.72. The van der Waals surface area contributed by atoms with E-state index in [0.717, 1.165) is 5.76 Å². The van der Waals surface area contributed by atoms with Crippen LogP contribution in [-0.4, -0.2) is 0 Å². The lowest BCUT2D eigenvalue weighted by molar-refractivity contribution is 0.452. The Morgan fingerprint density at radius 1 is 1.73 bits per heavy atom. The lowest BCUT2D eigenvalue weighted by Gasteiger charge is -2.01. The highest BCUT2D eigenvalue weighted by Gasteiger charge is 2.07. The zero-order valence-corrected chi connectivity index (χ0v) is 7.47. The molecule has 2 nitrogen and oxygen atoms in total. The molecule has 3 heteroatoms. The average molecular weight is 214 g/mol. The number of halogens is 1. The van der Waals surface area contributed by atoms with Gasteiger partial charge in [-0.05, 0) is 28.1 Å². The minimum Gasteiger partial charge on any atom is -0.453 e. The van der Waals surface area contributed by atoms with Crippen molar-refractivity contribution in [1.29, 1.82) is 0 Å². The van der Waals surface area contributed by atoms with Crippen LogP contribution in [0.5, 0.6) is 0 Å². The standard InChI is InChI=1S/C8H8BrNO/c1-2-3-6(10)7-4-5-8(9)11-7/h1,4-6H,3,10H2. The van der Waals surface area contributed by atoms with Crippen LogP contribution in [0.3, 0.4) is 0 Å². The minimum atomic E-state index is -0.189. The van der Waals surface area contributed by atoms with E-state index in [9.17, 15) is 0 Å². The highest BCUT2D eigenvalue weighted by atomic mass is 79.9. The van der Waals surface area contributed by atoms with Crippen molar-refractivity contribution in [2.24, 2.45) is 5.73 Å². The van der Waals surface area contributed by atoms with Gasteiger partial charge in [0.15, 0.2) is 4.67 Å². The predicted octanol–water partition coefficient (Wildman–Crippen LogP) is 2.07. The highest BCUT2D eigenvalue weighted by Crippen LogP contribution is 2.20. The van der Waals surface area contributed by atoms with Crippen molar-refractivity contribution in [3.63, 3.8) is 0 Å². The molecule has 0 spiro atoms. The molecule has 1 aromatic rings. The Hall–Kier alpha value is -0.720. The first-order valence-electron chi connectivity index (χ1n) is 3.18. The fourth-order valence-electron chi connectivity index (χ4n) is 0.755. The molecular formula is C8H8BrNO. The van der Waals surface area contributed by atoms with E-state index in [2.05, 4.69) is 21.9 Å². The van der Waals surface area contributed by atoms with E-state index >= 15 is 0 Å². The summed E-state index contributed by atoms with van der Waals surface area (Å²) in [6, 6.07) is 3.42. The lowest BCUT2D eigenvalue weighted by Crippen LogP contribution is -2.07. The van der Waals surface area contributed by atoms with Gasteiger partial charge in [0.2, 0.25) is 0 Å². The van der Waals surface area contributed by atoms with E-state index in [0.29, 0.717) is 11.1 Å². The van der Waals surface area contributed by atoms with Crippen LogP contribution in [0.15, 0.2) is 21.2 Å². The first kappa shape index (κ1) is 8.38. The molecular weight excluding hydrogens is 206 g/mol. The molecule has 0 radical (unpaired) electrons. The Morgan fingerprint density at radius 2 is 2.45 bits per heavy atom. The van der Waals surface area contributed by atoms with Gasteiger partial charge >= 0.3 is 0 Å². The summed E-state index contributed by atoms with van der Waals surface area (Å²) in [6.07, 6.45) is 5.59. The molecule has 58 valence electrons. The molecule has 1 heterocycles. The van der Waals surface area contributed by atoms with Crippen LogP contribution in [0.25, 0.3) is 0 Å². The Kier molecular flexibility index (Phi) is 2.75. The van der Waals surface area contributed by atoms with Crippen molar-refractivity contribution < 1.29 is 4.42 Å². The van der Waals surface area contributed by atoms with Gasteiger partial charge in [-0.25, -0.2) is 0 Å². The van der Waals surface area contributed by atoms with E-state index < -0.39 is 0 Å². The van der Waals surface area contributed by atoms with Crippen molar-refractivity contribution in [3.05, 3.63) is 22.6 Å². The second-order valence-electron chi connectivity index (χ2n) is 2.16. The molecule has 0 aliphatic rings. The number of hydrogen-bond acceptors (Lipinski definition) is 2. The van der Waals surface area contributed by atoms with Crippen molar-refractivity contribution in [1.82, 2.24) is 0 Å². The number of furan rings is 1. The Labute approximate surface area is 73.9 Å². The summed E-state index contributed by atoms with van der Waals surface area (Å²) in [5, 5.41) is 0. The molecule has 1 aromatic heterocycles. The Balaban J connectivity index is 2.70. The van der Waals surface area contributed by atoms with Crippen LogP contribution in [0.1, 0.15) is 18.2 Å². The summed E-state index contributed by atoms with van der Waals surface area (Å²) in [4.78, 5) is 0. The zero-order chi connectivity index (χ0) is 8.27. The van der Waals surface area contributed by atoms with Crippen LogP contribution in [0.4, 0.5) is 0 Å². The van der Waals surface area contributed by atoms with E-state index in [1.54, 1.807) is 6.07 Å². The summed E-state index contributed by atoms with van der Waals surface area (Å²) in [7, 11) is 0. The molecule has 0 amide bonds. The molecule has 1 rings (SSSR count). The molecule has 0 aliphatic heterocycles. The summed E-state index contributed by atoms with van der Waals surface area (Å²) >= 11 is 3.18. The number of rotatable bonds is 2. The third-order valence-electron chi connectivity index (χ3n) is 1.30. The van der Waals surface area contributed by atoms with Crippen LogP contribution in [-0.2, 0) is 0 Å². The SMILES string of the molecule is C#CCC(N)c1ccc(Br)o1. The van der Waals surface area contributed by atoms with Gasteiger partial charge in [-0.1, -0.05) is 0 Å². The van der Waals surface area contributed by atoms with Gasteiger partial charge in [0.25, 0.3) is 0 Å². The molecule has 0 aromatic carbocycles. The van der Waals surface area contributed by atoms with Crippen molar-refractivity contribution in [3.8, 4) is 12.3 Å².